The molecule has 0 radical (unpaired) electrons. The number of halogens is 1. The molecule has 1 unspecified atom stereocenters. The van der Waals surface area contributed by atoms with E-state index in [1.807, 2.05) is 31.3 Å². The van der Waals surface area contributed by atoms with Gasteiger partial charge in [0.15, 0.2) is 0 Å². The Morgan fingerprint density at radius 1 is 1.19 bits per heavy atom. The number of hydrogen-bond donors (Lipinski definition) is 0. The van der Waals surface area contributed by atoms with Crippen LogP contribution in [-0.4, -0.2) is 18.3 Å². The number of nitrogens with zero attached hydrogens (tertiary/aromatic N) is 2. The first-order chi connectivity index (χ1) is 12.2. The highest BCUT2D eigenvalue weighted by Crippen LogP contribution is 2.44. The lowest BCUT2D eigenvalue weighted by molar-refractivity contribution is 0.381. The molecule has 0 N–H and O–H groups in total. The number of anilines is 1. The quantitative estimate of drug-likeness (QED) is 0.542. The van der Waals surface area contributed by atoms with Crippen LogP contribution in [-0.2, 0) is 0 Å². The highest BCUT2D eigenvalue weighted by molar-refractivity contribution is 6.31. The normalized spacial score (nSPS) is 19.0. The van der Waals surface area contributed by atoms with E-state index in [0.29, 0.717) is 5.92 Å². The van der Waals surface area contributed by atoms with Gasteiger partial charge in [0.1, 0.15) is 0 Å². The third kappa shape index (κ3) is 3.53. The molecule has 0 fully saturated rings. The fourth-order valence-electron chi connectivity index (χ4n) is 4.19. The summed E-state index contributed by atoms with van der Waals surface area (Å²) in [6.07, 6.45) is 3.14. The summed E-state index contributed by atoms with van der Waals surface area (Å²) in [5.41, 5.74) is 7.41. The van der Waals surface area contributed by atoms with Crippen LogP contribution in [0.2, 0.25) is 5.02 Å². The predicted octanol–water partition coefficient (Wildman–Crippen LogP) is 6.82. The van der Waals surface area contributed by atoms with Crippen LogP contribution in [0.5, 0.6) is 0 Å². The first-order valence-electron chi connectivity index (χ1n) is 9.45. The maximum absolute atomic E-state index is 6.22. The Balaban J connectivity index is 1.99. The summed E-state index contributed by atoms with van der Waals surface area (Å²) in [6.45, 7) is 14.5. The van der Waals surface area contributed by atoms with Crippen LogP contribution in [0.3, 0.4) is 0 Å². The Labute approximate surface area is 162 Å². The molecule has 0 saturated heterocycles. The molecule has 2 aromatic rings. The first-order valence-corrected chi connectivity index (χ1v) is 9.83. The van der Waals surface area contributed by atoms with Gasteiger partial charge in [-0.25, -0.2) is 0 Å². The van der Waals surface area contributed by atoms with Gasteiger partial charge in [-0.1, -0.05) is 24.6 Å². The van der Waals surface area contributed by atoms with E-state index in [1.165, 1.54) is 28.8 Å². The summed E-state index contributed by atoms with van der Waals surface area (Å²) in [5.74, 6) is 0.546. The summed E-state index contributed by atoms with van der Waals surface area (Å²) >= 11 is 6.22. The minimum atomic E-state index is 0.196. The van der Waals surface area contributed by atoms with Crippen molar-refractivity contribution in [3.05, 3.63) is 57.6 Å². The van der Waals surface area contributed by atoms with Crippen LogP contribution in [0.25, 0.3) is 0 Å². The number of aliphatic imine (C=N–C) groups is 1. The van der Waals surface area contributed by atoms with E-state index in [-0.39, 0.29) is 5.54 Å². The second-order valence-corrected chi connectivity index (χ2v) is 8.53. The lowest BCUT2D eigenvalue weighted by Crippen LogP contribution is -2.48. The zero-order chi connectivity index (χ0) is 19.1. The molecule has 0 amide bonds. The minimum absolute atomic E-state index is 0.196. The second kappa shape index (κ2) is 7.08. The monoisotopic (exact) mass is 368 g/mol. The molecular formula is C23H29ClN2. The fraction of sp³-hybridized carbons (Fsp3) is 0.435. The van der Waals surface area contributed by atoms with Crippen molar-refractivity contribution in [3.8, 4) is 0 Å². The van der Waals surface area contributed by atoms with Gasteiger partial charge in [0.25, 0.3) is 0 Å². The summed E-state index contributed by atoms with van der Waals surface area (Å²) in [7, 11) is 0. The highest BCUT2D eigenvalue weighted by atomic mass is 35.5. The fourth-order valence-corrected chi connectivity index (χ4v) is 4.37. The number of rotatable bonds is 3. The number of benzene rings is 2. The van der Waals surface area contributed by atoms with Gasteiger partial charge in [0.2, 0.25) is 0 Å². The molecule has 1 atom stereocenters. The predicted molar refractivity (Wildman–Crippen MR) is 115 cm³/mol. The smallest absolute Gasteiger partial charge is 0.0644 e. The van der Waals surface area contributed by atoms with E-state index in [4.69, 9.17) is 11.6 Å². The summed E-state index contributed by atoms with van der Waals surface area (Å²) in [6, 6.07) is 10.6. The van der Waals surface area contributed by atoms with Gasteiger partial charge in [-0.15, -0.1) is 0 Å². The molecule has 2 nitrogen and oxygen atoms in total. The largest absolute Gasteiger partial charge is 0.366 e. The molecule has 0 aliphatic carbocycles. The van der Waals surface area contributed by atoms with Crippen molar-refractivity contribution in [1.29, 1.82) is 0 Å². The van der Waals surface area contributed by atoms with Gasteiger partial charge in [-0.05, 0) is 93.5 Å². The third-order valence-corrected chi connectivity index (χ3v) is 6.01. The summed E-state index contributed by atoms with van der Waals surface area (Å²) in [4.78, 5) is 7.20. The third-order valence-electron chi connectivity index (χ3n) is 5.60. The minimum Gasteiger partial charge on any atom is -0.366 e. The average molecular weight is 369 g/mol. The molecule has 0 bridgehead atoms. The van der Waals surface area contributed by atoms with Crippen LogP contribution >= 0.6 is 11.6 Å². The molecular weight excluding hydrogens is 340 g/mol. The molecule has 1 aliphatic rings. The molecule has 0 aromatic heterocycles. The second-order valence-electron chi connectivity index (χ2n) is 8.12. The van der Waals surface area contributed by atoms with Crippen LogP contribution < -0.4 is 4.90 Å². The van der Waals surface area contributed by atoms with Crippen molar-refractivity contribution >= 4 is 29.2 Å². The Kier molecular flexibility index (Phi) is 5.16. The summed E-state index contributed by atoms with van der Waals surface area (Å²) < 4.78 is 0. The topological polar surface area (TPSA) is 15.6 Å². The molecule has 0 spiro atoms. The van der Waals surface area contributed by atoms with E-state index in [9.17, 15) is 0 Å². The molecule has 26 heavy (non-hydrogen) atoms. The molecule has 3 rings (SSSR count). The van der Waals surface area contributed by atoms with E-state index in [1.54, 1.807) is 0 Å². The van der Waals surface area contributed by atoms with Crippen molar-refractivity contribution in [1.82, 2.24) is 0 Å². The van der Waals surface area contributed by atoms with Gasteiger partial charge in [0, 0.05) is 29.0 Å². The first kappa shape index (κ1) is 19.0. The van der Waals surface area contributed by atoms with Gasteiger partial charge in [-0.2, -0.15) is 0 Å². The van der Waals surface area contributed by atoms with Crippen LogP contribution in [0, 0.1) is 13.8 Å². The lowest BCUT2D eigenvalue weighted by atomic mass is 9.79. The van der Waals surface area contributed by atoms with Gasteiger partial charge < -0.3 is 4.90 Å². The van der Waals surface area contributed by atoms with E-state index >= 15 is 0 Å². The Bertz CT molecular complexity index is 852. The molecule has 1 aliphatic heterocycles. The number of aryl methyl sites for hydroxylation is 2. The summed E-state index contributed by atoms with van der Waals surface area (Å²) in [5, 5.41) is 0.760. The maximum atomic E-state index is 6.22. The zero-order valence-electron chi connectivity index (χ0n) is 16.7. The van der Waals surface area contributed by atoms with Crippen LogP contribution in [0.1, 0.15) is 62.3 Å². The molecule has 1 heterocycles. The van der Waals surface area contributed by atoms with Crippen molar-refractivity contribution < 1.29 is 0 Å². The molecule has 0 saturated carbocycles. The Hall–Kier alpha value is -1.80. The SMILES string of the molecule is CCN1c2cc(C)c(C=Nc3ccc(C)c(Cl)c3)cc2C(C)CC1(C)C. The van der Waals surface area contributed by atoms with Crippen LogP contribution in [0.15, 0.2) is 35.3 Å². The van der Waals surface area contributed by atoms with Gasteiger partial charge >= 0.3 is 0 Å². The number of hydrogen-bond acceptors (Lipinski definition) is 2. The van der Waals surface area contributed by atoms with Gasteiger partial charge in [-0.3, -0.25) is 4.99 Å². The van der Waals surface area contributed by atoms with Crippen molar-refractivity contribution in [2.75, 3.05) is 11.4 Å². The standard InChI is InChI=1S/C23H29ClN2/c1-7-26-22-10-16(3)18(11-20(22)17(4)13-23(26,5)6)14-25-19-9-8-15(2)21(24)12-19/h8-12,14,17H,7,13H2,1-6H3. The van der Waals surface area contributed by atoms with Crippen molar-refractivity contribution in [2.24, 2.45) is 4.99 Å². The maximum Gasteiger partial charge on any atom is 0.0644 e. The lowest BCUT2D eigenvalue weighted by Gasteiger charge is -2.47. The van der Waals surface area contributed by atoms with E-state index < -0.39 is 0 Å². The van der Waals surface area contributed by atoms with Crippen LogP contribution in [0.4, 0.5) is 11.4 Å². The average Bonchev–Trinajstić information content (AvgIpc) is 2.56. The highest BCUT2D eigenvalue weighted by Gasteiger charge is 2.35. The number of fused-ring (bicyclic) bond motifs is 1. The molecule has 138 valence electrons. The Morgan fingerprint density at radius 3 is 2.58 bits per heavy atom. The molecule has 2 aromatic carbocycles. The van der Waals surface area contributed by atoms with E-state index in [2.05, 4.69) is 56.6 Å². The zero-order valence-corrected chi connectivity index (χ0v) is 17.5. The van der Waals surface area contributed by atoms with E-state index in [0.717, 1.165) is 22.8 Å². The van der Waals surface area contributed by atoms with Crippen molar-refractivity contribution in [3.63, 3.8) is 0 Å². The molecule has 3 heteroatoms. The van der Waals surface area contributed by atoms with Crippen molar-refractivity contribution in [2.45, 2.75) is 59.4 Å². The van der Waals surface area contributed by atoms with Gasteiger partial charge in [0.05, 0.1) is 5.69 Å². The Morgan fingerprint density at radius 2 is 1.92 bits per heavy atom.